The first-order valence-electron chi connectivity index (χ1n) is 13.5. The van der Waals surface area contributed by atoms with Gasteiger partial charge in [0.25, 0.3) is 6.43 Å². The molecule has 12 nitrogen and oxygen atoms in total. The van der Waals surface area contributed by atoms with E-state index in [9.17, 15) is 18.7 Å². The number of rotatable bonds is 11. The number of esters is 1. The molecule has 1 aliphatic heterocycles. The van der Waals surface area contributed by atoms with Gasteiger partial charge in [-0.3, -0.25) is 9.36 Å². The van der Waals surface area contributed by atoms with Crippen molar-refractivity contribution in [3.63, 3.8) is 0 Å². The number of aliphatic hydroxyl groups is 1. The summed E-state index contributed by atoms with van der Waals surface area (Å²) >= 11 is 5.66. The molecule has 0 aliphatic carbocycles. The van der Waals surface area contributed by atoms with Crippen molar-refractivity contribution in [1.29, 1.82) is 0 Å². The number of nitrogens with one attached hydrogen (secondary N) is 1. The Hall–Kier alpha value is -3.40. The summed E-state index contributed by atoms with van der Waals surface area (Å²) in [6, 6.07) is 11.3. The number of imidazole rings is 1. The molecule has 44 heavy (non-hydrogen) atoms. The maximum atomic E-state index is 15.7. The summed E-state index contributed by atoms with van der Waals surface area (Å²) in [5.41, 5.74) is 2.94. The van der Waals surface area contributed by atoms with E-state index in [4.69, 9.17) is 36.1 Å². The molecule has 6 unspecified atom stereocenters. The molecule has 3 heterocycles. The summed E-state index contributed by atoms with van der Waals surface area (Å²) < 4.78 is 68.9. The predicted molar refractivity (Wildman–Crippen MR) is 158 cm³/mol. The van der Waals surface area contributed by atoms with Gasteiger partial charge in [0, 0.05) is 0 Å². The molecule has 2 aromatic heterocycles. The van der Waals surface area contributed by atoms with Gasteiger partial charge in [-0.1, -0.05) is 30.3 Å². The van der Waals surface area contributed by atoms with Crippen LogP contribution in [0.2, 0.25) is 0 Å². The number of carbonyl (C=O) groups excluding carboxylic acids is 1. The normalized spacial score (nSPS) is 24.2. The average molecular weight is 655 g/mol. The maximum Gasteiger partial charge on any atom is 0.323 e. The SMILES string of the molecule is CC(C)OC(=O)C(C)NP(=S)(OCC1(C(F)F)OC(n2cnc3c(N)ncnc32)C(O)C1F)Oc1ccc2ccccc2c1. The number of nitrogen functional groups attached to an aromatic ring is 1. The standard InChI is InChI=1S/C27H30F3N6O6PS/c1-14(2)40-25(38)15(3)35-43(44,42-18-9-8-16-6-4-5-7-17(16)10-18)39-11-27(26(29)30)21(28)20(37)24(41-27)36-13-34-19-22(31)32-12-33-23(19)36/h4-10,12-15,20-21,24,26,37H,11H2,1-3H3,(H,35,44)(H2,31,32,33). The van der Waals surface area contributed by atoms with E-state index in [-0.39, 0.29) is 22.7 Å². The average Bonchev–Trinajstić information content (AvgIpc) is 3.51. The predicted octanol–water partition coefficient (Wildman–Crippen LogP) is 4.04. The Bertz CT molecular complexity index is 1720. The maximum absolute atomic E-state index is 15.7. The summed E-state index contributed by atoms with van der Waals surface area (Å²) in [5.74, 6) is -0.504. The number of hydrogen-bond donors (Lipinski definition) is 3. The summed E-state index contributed by atoms with van der Waals surface area (Å²) in [6.07, 6.45) is -8.16. The molecule has 5 rings (SSSR count). The zero-order valence-corrected chi connectivity index (χ0v) is 25.4. The van der Waals surface area contributed by atoms with Crippen molar-refractivity contribution in [1.82, 2.24) is 24.6 Å². The van der Waals surface area contributed by atoms with Gasteiger partial charge in [-0.15, -0.1) is 0 Å². The van der Waals surface area contributed by atoms with Crippen LogP contribution in [0.15, 0.2) is 55.1 Å². The first kappa shape index (κ1) is 32.0. The fourth-order valence-corrected chi connectivity index (χ4v) is 7.10. The second-order valence-corrected chi connectivity index (χ2v) is 13.6. The number of aliphatic hydroxyl groups excluding tert-OH is 1. The van der Waals surface area contributed by atoms with Gasteiger partial charge in [0.2, 0.25) is 0 Å². The number of aromatic nitrogens is 4. The van der Waals surface area contributed by atoms with Crippen molar-refractivity contribution in [3.8, 4) is 5.75 Å². The van der Waals surface area contributed by atoms with Crippen LogP contribution in [-0.4, -0.2) is 73.6 Å². The van der Waals surface area contributed by atoms with E-state index in [2.05, 4.69) is 20.0 Å². The van der Waals surface area contributed by atoms with Crippen LogP contribution in [0, 0.1) is 0 Å². The third-order valence-electron chi connectivity index (χ3n) is 6.89. The largest absolute Gasteiger partial charge is 0.462 e. The summed E-state index contributed by atoms with van der Waals surface area (Å²) in [4.78, 5) is 24.5. The minimum atomic E-state index is -3.91. The molecule has 1 saturated heterocycles. The van der Waals surface area contributed by atoms with E-state index in [0.29, 0.717) is 0 Å². The van der Waals surface area contributed by atoms with Crippen molar-refractivity contribution in [2.24, 2.45) is 0 Å². The summed E-state index contributed by atoms with van der Waals surface area (Å²) in [6.45, 7) is -0.336. The van der Waals surface area contributed by atoms with Crippen LogP contribution in [-0.2, 0) is 30.6 Å². The molecular weight excluding hydrogens is 624 g/mol. The highest BCUT2D eigenvalue weighted by molar-refractivity contribution is 8.09. The molecule has 0 spiro atoms. The highest BCUT2D eigenvalue weighted by atomic mass is 32.5. The van der Waals surface area contributed by atoms with Gasteiger partial charge < -0.3 is 29.4 Å². The number of carbonyl (C=O) groups is 1. The lowest BCUT2D eigenvalue weighted by Gasteiger charge is -2.33. The van der Waals surface area contributed by atoms with E-state index in [1.54, 1.807) is 32.0 Å². The highest BCUT2D eigenvalue weighted by Gasteiger charge is 2.62. The first-order chi connectivity index (χ1) is 20.8. The van der Waals surface area contributed by atoms with E-state index in [1.165, 1.54) is 6.92 Å². The quantitative estimate of drug-likeness (QED) is 0.158. The van der Waals surface area contributed by atoms with Gasteiger partial charge in [0.15, 0.2) is 29.5 Å². The Labute approximate surface area is 254 Å². The molecule has 17 heteroatoms. The van der Waals surface area contributed by atoms with Crippen LogP contribution in [0.1, 0.15) is 27.0 Å². The van der Waals surface area contributed by atoms with Gasteiger partial charge in [0.05, 0.1) is 19.0 Å². The number of halogens is 3. The molecule has 1 fully saturated rings. The number of ether oxygens (including phenoxy) is 2. The van der Waals surface area contributed by atoms with Crippen LogP contribution < -0.4 is 15.3 Å². The van der Waals surface area contributed by atoms with E-state index in [0.717, 1.165) is 28.0 Å². The topological polar surface area (TPSA) is 156 Å². The third-order valence-corrected chi connectivity index (χ3v) is 9.37. The molecule has 236 valence electrons. The van der Waals surface area contributed by atoms with Crippen molar-refractivity contribution in [2.45, 2.75) is 63.4 Å². The van der Waals surface area contributed by atoms with E-state index in [1.807, 2.05) is 24.3 Å². The Morgan fingerprint density at radius 2 is 1.93 bits per heavy atom. The number of fused-ring (bicyclic) bond motifs is 2. The Kier molecular flexibility index (Phi) is 9.12. The van der Waals surface area contributed by atoms with Crippen LogP contribution in [0.5, 0.6) is 5.75 Å². The smallest absolute Gasteiger partial charge is 0.323 e. The molecule has 0 saturated carbocycles. The van der Waals surface area contributed by atoms with Gasteiger partial charge in [0.1, 0.15) is 29.7 Å². The van der Waals surface area contributed by atoms with Gasteiger partial charge in [-0.05, 0) is 55.5 Å². The van der Waals surface area contributed by atoms with Crippen molar-refractivity contribution < 1.29 is 41.6 Å². The lowest BCUT2D eigenvalue weighted by Crippen LogP contribution is -2.51. The van der Waals surface area contributed by atoms with Gasteiger partial charge in [-0.2, -0.15) is 0 Å². The number of alkyl halides is 3. The third kappa shape index (κ3) is 6.23. The second-order valence-electron chi connectivity index (χ2n) is 10.4. The van der Waals surface area contributed by atoms with Crippen LogP contribution in [0.4, 0.5) is 19.0 Å². The molecule has 6 atom stereocenters. The zero-order valence-electron chi connectivity index (χ0n) is 23.7. The van der Waals surface area contributed by atoms with E-state index < -0.39 is 61.9 Å². The molecule has 4 N–H and O–H groups in total. The number of benzene rings is 2. The lowest BCUT2D eigenvalue weighted by molar-refractivity contribution is -0.181. The molecule has 0 bridgehead atoms. The van der Waals surface area contributed by atoms with Crippen LogP contribution in [0.3, 0.4) is 0 Å². The number of nitrogens with two attached hydrogens (primary N) is 1. The van der Waals surface area contributed by atoms with Gasteiger partial charge >= 0.3 is 12.6 Å². The second kappa shape index (κ2) is 12.5. The minimum Gasteiger partial charge on any atom is -0.462 e. The molecule has 1 aliphatic rings. The van der Waals surface area contributed by atoms with Crippen molar-refractivity contribution >= 4 is 52.2 Å². The van der Waals surface area contributed by atoms with E-state index >= 15 is 4.39 Å². The molecule has 0 radical (unpaired) electrons. The fraction of sp³-hybridized carbons (Fsp3) is 0.407. The lowest BCUT2D eigenvalue weighted by atomic mass is 9.98. The Balaban J connectivity index is 1.45. The summed E-state index contributed by atoms with van der Waals surface area (Å²) in [5, 5.41) is 15.2. The van der Waals surface area contributed by atoms with Crippen molar-refractivity contribution in [3.05, 3.63) is 55.1 Å². The zero-order chi connectivity index (χ0) is 31.8. The Morgan fingerprint density at radius 3 is 2.64 bits per heavy atom. The summed E-state index contributed by atoms with van der Waals surface area (Å²) in [7, 11) is 0. The first-order valence-corrected chi connectivity index (χ1v) is 16.1. The highest BCUT2D eigenvalue weighted by Crippen LogP contribution is 2.50. The monoisotopic (exact) mass is 654 g/mol. The minimum absolute atomic E-state index is 0.00999. The molecule has 0 amide bonds. The molecular formula is C27H30F3N6O6PS. The Morgan fingerprint density at radius 1 is 1.20 bits per heavy atom. The van der Waals surface area contributed by atoms with Crippen LogP contribution in [0.25, 0.3) is 21.9 Å². The van der Waals surface area contributed by atoms with Crippen molar-refractivity contribution in [2.75, 3.05) is 12.3 Å². The number of hydrogen-bond acceptors (Lipinski definition) is 11. The van der Waals surface area contributed by atoms with Crippen LogP contribution >= 0.6 is 6.64 Å². The molecule has 2 aromatic carbocycles. The number of anilines is 1. The number of nitrogens with zero attached hydrogens (tertiary/aromatic N) is 4. The fourth-order valence-electron chi connectivity index (χ4n) is 4.68. The molecule has 4 aromatic rings. The van der Waals surface area contributed by atoms with Gasteiger partial charge in [-0.25, -0.2) is 33.2 Å².